The largest absolute Gasteiger partial charge is 0.494 e. The van der Waals surface area contributed by atoms with Crippen LogP contribution in [0.25, 0.3) is 0 Å². The standard InChI is InChI=1S/C24H35FN2O6Si/c1-24(2,3)33-22(28)13-17(16-8-9-21(31-4)18(25)12-16)19-14-20(23(29)30)27(26-19)15-32-10-11-34(5,6)7/h8-9,12,14,17H,10-11,13,15H2,1-7H3,(H,29,30). The fourth-order valence-corrected chi connectivity index (χ4v) is 4.01. The minimum atomic E-state index is -1.31. The Morgan fingerprint density at radius 1 is 1.21 bits per heavy atom. The maximum absolute atomic E-state index is 14.5. The number of nitrogens with zero attached hydrogens (tertiary/aromatic N) is 2. The van der Waals surface area contributed by atoms with Gasteiger partial charge in [0.1, 0.15) is 18.0 Å². The molecule has 0 aliphatic carbocycles. The Balaban J connectivity index is 2.39. The summed E-state index contributed by atoms with van der Waals surface area (Å²) in [5.41, 5.74) is -0.0269. The lowest BCUT2D eigenvalue weighted by molar-refractivity contribution is -0.155. The summed E-state index contributed by atoms with van der Waals surface area (Å²) >= 11 is 0. The zero-order valence-electron chi connectivity index (χ0n) is 21.0. The van der Waals surface area contributed by atoms with Gasteiger partial charge in [-0.1, -0.05) is 25.7 Å². The van der Waals surface area contributed by atoms with E-state index in [1.807, 2.05) is 0 Å². The summed E-state index contributed by atoms with van der Waals surface area (Å²) in [5.74, 6) is -2.94. The van der Waals surface area contributed by atoms with E-state index in [9.17, 15) is 19.1 Å². The number of carbonyl (C=O) groups is 2. The van der Waals surface area contributed by atoms with Crippen LogP contribution in [-0.2, 0) is 21.0 Å². The summed E-state index contributed by atoms with van der Waals surface area (Å²) < 4.78 is 31.9. The third kappa shape index (κ3) is 8.25. The van der Waals surface area contributed by atoms with E-state index in [1.165, 1.54) is 30.0 Å². The van der Waals surface area contributed by atoms with Gasteiger partial charge in [-0.25, -0.2) is 13.9 Å². The van der Waals surface area contributed by atoms with Crippen LogP contribution < -0.4 is 4.74 Å². The van der Waals surface area contributed by atoms with Crippen molar-refractivity contribution in [3.63, 3.8) is 0 Å². The zero-order valence-corrected chi connectivity index (χ0v) is 22.0. The van der Waals surface area contributed by atoms with Gasteiger partial charge in [0.15, 0.2) is 11.6 Å². The topological polar surface area (TPSA) is 99.9 Å². The van der Waals surface area contributed by atoms with Crippen LogP contribution in [0.2, 0.25) is 25.7 Å². The Hall–Kier alpha value is -2.72. The molecule has 1 aromatic heterocycles. The van der Waals surface area contributed by atoms with Gasteiger partial charge in [0, 0.05) is 20.6 Å². The van der Waals surface area contributed by atoms with Crippen molar-refractivity contribution >= 4 is 20.0 Å². The Morgan fingerprint density at radius 3 is 2.41 bits per heavy atom. The van der Waals surface area contributed by atoms with Crippen molar-refractivity contribution in [2.24, 2.45) is 0 Å². The first-order valence-corrected chi connectivity index (χ1v) is 14.8. The second kappa shape index (κ2) is 11.1. The molecule has 0 amide bonds. The van der Waals surface area contributed by atoms with Crippen molar-refractivity contribution in [3.05, 3.63) is 47.0 Å². The molecule has 8 nitrogen and oxygen atoms in total. The predicted molar refractivity (Wildman–Crippen MR) is 129 cm³/mol. The smallest absolute Gasteiger partial charge is 0.354 e. The van der Waals surface area contributed by atoms with Crippen LogP contribution in [0, 0.1) is 5.82 Å². The predicted octanol–water partition coefficient (Wildman–Crippen LogP) is 4.91. The summed E-state index contributed by atoms with van der Waals surface area (Å²) in [6.07, 6.45) is -0.143. The SMILES string of the molecule is COc1ccc(C(CC(=O)OC(C)(C)C)c2cc(C(=O)O)n(COCC[Si](C)(C)C)n2)cc1F. The number of benzene rings is 1. The van der Waals surface area contributed by atoms with Crippen LogP contribution in [0.5, 0.6) is 5.75 Å². The van der Waals surface area contributed by atoms with E-state index in [4.69, 9.17) is 14.2 Å². The van der Waals surface area contributed by atoms with Crippen molar-refractivity contribution in [2.45, 2.75) is 71.1 Å². The van der Waals surface area contributed by atoms with Crippen molar-refractivity contribution < 1.29 is 33.3 Å². The van der Waals surface area contributed by atoms with Crippen molar-refractivity contribution in [3.8, 4) is 5.75 Å². The first-order chi connectivity index (χ1) is 15.7. The normalized spacial score (nSPS) is 12.9. The fourth-order valence-electron chi connectivity index (χ4n) is 3.25. The highest BCUT2D eigenvalue weighted by Gasteiger charge is 2.28. The molecule has 34 heavy (non-hydrogen) atoms. The zero-order chi connectivity index (χ0) is 25.7. The fraction of sp³-hybridized carbons (Fsp3) is 0.542. The molecule has 1 N–H and O–H groups in total. The van der Waals surface area contributed by atoms with Gasteiger partial charge >= 0.3 is 11.9 Å². The molecule has 0 radical (unpaired) electrons. The Morgan fingerprint density at radius 2 is 1.88 bits per heavy atom. The van der Waals surface area contributed by atoms with Gasteiger partial charge in [0.2, 0.25) is 0 Å². The second-order valence-corrected chi connectivity index (χ2v) is 16.0. The number of ether oxygens (including phenoxy) is 3. The van der Waals surface area contributed by atoms with E-state index in [1.54, 1.807) is 26.8 Å². The van der Waals surface area contributed by atoms with Crippen LogP contribution in [0.4, 0.5) is 4.39 Å². The molecule has 0 fully saturated rings. The molecule has 2 rings (SSSR count). The first kappa shape index (κ1) is 27.5. The molecule has 1 atom stereocenters. The van der Waals surface area contributed by atoms with E-state index in [-0.39, 0.29) is 24.6 Å². The summed E-state index contributed by atoms with van der Waals surface area (Å²) in [6.45, 7) is 12.4. The van der Waals surface area contributed by atoms with Gasteiger partial charge in [-0.2, -0.15) is 5.10 Å². The molecule has 0 bridgehead atoms. The summed E-state index contributed by atoms with van der Waals surface area (Å²) in [4.78, 5) is 24.5. The quantitative estimate of drug-likeness (QED) is 0.269. The monoisotopic (exact) mass is 494 g/mol. The first-order valence-electron chi connectivity index (χ1n) is 11.1. The molecule has 0 aliphatic rings. The highest BCUT2D eigenvalue weighted by atomic mass is 28.3. The number of carbonyl (C=O) groups excluding carboxylic acids is 1. The van der Waals surface area contributed by atoms with Crippen LogP contribution in [-0.4, -0.2) is 54.2 Å². The van der Waals surface area contributed by atoms with Crippen molar-refractivity contribution in [1.29, 1.82) is 0 Å². The molecule has 1 aromatic carbocycles. The number of aromatic carboxylic acids is 1. The Bertz CT molecular complexity index is 1010. The van der Waals surface area contributed by atoms with Gasteiger partial charge in [-0.3, -0.25) is 4.79 Å². The van der Waals surface area contributed by atoms with Crippen LogP contribution in [0.3, 0.4) is 0 Å². The third-order valence-electron chi connectivity index (χ3n) is 4.95. The molecular weight excluding hydrogens is 459 g/mol. The molecule has 10 heteroatoms. The highest BCUT2D eigenvalue weighted by Crippen LogP contribution is 2.32. The number of halogens is 1. The molecule has 1 unspecified atom stereocenters. The maximum atomic E-state index is 14.5. The van der Waals surface area contributed by atoms with Gasteiger partial charge in [0.25, 0.3) is 0 Å². The molecule has 0 aliphatic heterocycles. The van der Waals surface area contributed by atoms with Crippen molar-refractivity contribution in [2.75, 3.05) is 13.7 Å². The Kier molecular flexibility index (Phi) is 9.01. The van der Waals surface area contributed by atoms with E-state index in [0.717, 1.165) is 6.04 Å². The lowest BCUT2D eigenvalue weighted by Crippen LogP contribution is -2.25. The minimum Gasteiger partial charge on any atom is -0.494 e. The number of aromatic nitrogens is 2. The number of carboxylic acid groups (broad SMARTS) is 1. The highest BCUT2D eigenvalue weighted by molar-refractivity contribution is 6.76. The Labute approximate surface area is 201 Å². The molecule has 0 saturated carbocycles. The molecule has 0 saturated heterocycles. The van der Waals surface area contributed by atoms with Crippen LogP contribution >= 0.6 is 0 Å². The third-order valence-corrected chi connectivity index (χ3v) is 6.66. The molecule has 188 valence electrons. The summed E-state index contributed by atoms with van der Waals surface area (Å²) in [7, 11) is 0.0531. The molecule has 2 aromatic rings. The maximum Gasteiger partial charge on any atom is 0.354 e. The van der Waals surface area contributed by atoms with Crippen molar-refractivity contribution in [1.82, 2.24) is 9.78 Å². The summed E-state index contributed by atoms with van der Waals surface area (Å²) in [6, 6.07) is 6.66. The minimum absolute atomic E-state index is 0.0394. The second-order valence-electron chi connectivity index (χ2n) is 10.3. The number of carboxylic acids is 1. The molecular formula is C24H35FN2O6Si. The molecule has 0 spiro atoms. The van der Waals surface area contributed by atoms with E-state index in [0.29, 0.717) is 17.9 Å². The average Bonchev–Trinajstić information content (AvgIpc) is 3.11. The molecule has 1 heterocycles. The number of hydrogen-bond donors (Lipinski definition) is 1. The lowest BCUT2D eigenvalue weighted by atomic mass is 9.92. The van der Waals surface area contributed by atoms with Gasteiger partial charge < -0.3 is 19.3 Å². The van der Waals surface area contributed by atoms with Gasteiger partial charge in [0.05, 0.1) is 19.2 Å². The van der Waals surface area contributed by atoms with Gasteiger partial charge in [-0.15, -0.1) is 0 Å². The van der Waals surface area contributed by atoms with Gasteiger partial charge in [-0.05, 0) is 50.6 Å². The average molecular weight is 495 g/mol. The lowest BCUT2D eigenvalue weighted by Gasteiger charge is -2.22. The van der Waals surface area contributed by atoms with Crippen LogP contribution in [0.15, 0.2) is 24.3 Å². The number of esters is 1. The van der Waals surface area contributed by atoms with Crippen LogP contribution in [0.1, 0.15) is 54.9 Å². The van der Waals surface area contributed by atoms with E-state index in [2.05, 4.69) is 24.7 Å². The number of methoxy groups -OCH3 is 1. The summed E-state index contributed by atoms with van der Waals surface area (Å²) in [5, 5.41) is 14.1. The van der Waals surface area contributed by atoms with E-state index < -0.39 is 37.3 Å². The number of hydrogen-bond acceptors (Lipinski definition) is 6. The van der Waals surface area contributed by atoms with E-state index >= 15 is 0 Å². The number of rotatable bonds is 11.